The van der Waals surface area contributed by atoms with Crippen molar-refractivity contribution in [2.45, 2.75) is 19.9 Å². The molecule has 1 amide bonds. The summed E-state index contributed by atoms with van der Waals surface area (Å²) in [6.45, 7) is 3.60. The normalized spacial score (nSPS) is 14.4. The number of fused-ring (bicyclic) bond motifs is 3. The Hall–Kier alpha value is -2.07. The quantitative estimate of drug-likeness (QED) is 0.729. The van der Waals surface area contributed by atoms with Crippen molar-refractivity contribution in [3.63, 3.8) is 0 Å². The van der Waals surface area contributed by atoms with Crippen LogP contribution in [-0.2, 0) is 13.0 Å². The van der Waals surface area contributed by atoms with E-state index in [2.05, 4.69) is 30.1 Å². The van der Waals surface area contributed by atoms with Crippen LogP contribution >= 0.6 is 11.3 Å². The Morgan fingerprint density at radius 2 is 2.24 bits per heavy atom. The molecule has 21 heavy (non-hydrogen) atoms. The fourth-order valence-corrected chi connectivity index (χ4v) is 3.75. The Labute approximate surface area is 127 Å². The number of nitrogens with zero attached hydrogens (tertiary/aromatic N) is 1. The van der Waals surface area contributed by atoms with Gasteiger partial charge in [0, 0.05) is 41.7 Å². The molecule has 0 bridgehead atoms. The molecule has 1 aliphatic heterocycles. The minimum absolute atomic E-state index is 0.151. The number of benzene rings is 1. The lowest BCUT2D eigenvalue weighted by molar-refractivity contribution is 0.0740. The van der Waals surface area contributed by atoms with E-state index >= 15 is 0 Å². The van der Waals surface area contributed by atoms with Gasteiger partial charge in [0.25, 0.3) is 5.91 Å². The van der Waals surface area contributed by atoms with Gasteiger partial charge < -0.3 is 9.88 Å². The lowest BCUT2D eigenvalue weighted by Crippen LogP contribution is -2.35. The lowest BCUT2D eigenvalue weighted by Gasteiger charge is -2.26. The van der Waals surface area contributed by atoms with Crippen molar-refractivity contribution in [3.8, 4) is 0 Å². The minimum Gasteiger partial charge on any atom is -0.358 e. The minimum atomic E-state index is 0.151. The molecule has 2 aromatic heterocycles. The van der Waals surface area contributed by atoms with E-state index < -0.39 is 0 Å². The summed E-state index contributed by atoms with van der Waals surface area (Å²) in [6.07, 6.45) is 0.903. The van der Waals surface area contributed by atoms with Crippen LogP contribution < -0.4 is 0 Å². The topological polar surface area (TPSA) is 36.1 Å². The lowest BCUT2D eigenvalue weighted by atomic mass is 10.0. The molecule has 1 N–H and O–H groups in total. The van der Waals surface area contributed by atoms with Crippen molar-refractivity contribution in [3.05, 3.63) is 57.4 Å². The Bertz CT molecular complexity index is 817. The van der Waals surface area contributed by atoms with Crippen LogP contribution in [0.3, 0.4) is 0 Å². The number of aromatic amines is 1. The van der Waals surface area contributed by atoms with E-state index in [0.717, 1.165) is 17.8 Å². The van der Waals surface area contributed by atoms with Crippen LogP contribution in [-0.4, -0.2) is 22.3 Å². The average Bonchev–Trinajstić information content (AvgIpc) is 3.13. The van der Waals surface area contributed by atoms with Gasteiger partial charge in [-0.15, -0.1) is 11.3 Å². The molecule has 1 aromatic carbocycles. The van der Waals surface area contributed by atoms with Crippen LogP contribution in [0.5, 0.6) is 0 Å². The van der Waals surface area contributed by atoms with Gasteiger partial charge in [0.2, 0.25) is 0 Å². The molecule has 1 aliphatic rings. The number of amides is 1. The highest BCUT2D eigenvalue weighted by Crippen LogP contribution is 2.29. The molecule has 0 spiro atoms. The highest BCUT2D eigenvalue weighted by Gasteiger charge is 2.25. The number of carbonyl (C=O) groups is 1. The van der Waals surface area contributed by atoms with Crippen molar-refractivity contribution in [1.29, 1.82) is 0 Å². The number of rotatable bonds is 1. The number of H-pyrrole nitrogens is 1. The van der Waals surface area contributed by atoms with Gasteiger partial charge in [0.1, 0.15) is 0 Å². The smallest absolute Gasteiger partial charge is 0.264 e. The molecule has 0 fully saturated rings. The van der Waals surface area contributed by atoms with E-state index in [1.807, 2.05) is 22.4 Å². The highest BCUT2D eigenvalue weighted by molar-refractivity contribution is 7.12. The molecule has 0 atom stereocenters. The van der Waals surface area contributed by atoms with Crippen LogP contribution in [0.4, 0.5) is 0 Å². The van der Waals surface area contributed by atoms with Gasteiger partial charge in [-0.25, -0.2) is 0 Å². The molecule has 3 nitrogen and oxygen atoms in total. The summed E-state index contributed by atoms with van der Waals surface area (Å²) in [5.74, 6) is 0.151. The number of aromatic nitrogens is 1. The first-order valence-corrected chi connectivity index (χ1v) is 8.03. The summed E-state index contributed by atoms with van der Waals surface area (Å²) in [5, 5.41) is 3.21. The average molecular weight is 296 g/mol. The third-order valence-electron chi connectivity index (χ3n) is 4.15. The zero-order valence-electron chi connectivity index (χ0n) is 11.8. The summed E-state index contributed by atoms with van der Waals surface area (Å²) < 4.78 is 0. The molecule has 0 saturated carbocycles. The summed E-state index contributed by atoms with van der Waals surface area (Å²) in [6, 6.07) is 10.3. The van der Waals surface area contributed by atoms with Gasteiger partial charge in [0.05, 0.1) is 4.88 Å². The molecule has 4 heteroatoms. The van der Waals surface area contributed by atoms with Gasteiger partial charge in [-0.2, -0.15) is 0 Å². The number of nitrogens with one attached hydrogen (secondary N) is 1. The third-order valence-corrected chi connectivity index (χ3v) is 5.01. The molecule has 106 valence electrons. The van der Waals surface area contributed by atoms with Crippen LogP contribution in [0, 0.1) is 6.92 Å². The summed E-state index contributed by atoms with van der Waals surface area (Å²) >= 11 is 1.52. The molecular weight excluding hydrogens is 280 g/mol. The summed E-state index contributed by atoms with van der Waals surface area (Å²) in [7, 11) is 0. The first kappa shape index (κ1) is 12.7. The van der Waals surface area contributed by atoms with Crippen molar-refractivity contribution in [2.75, 3.05) is 6.54 Å². The van der Waals surface area contributed by atoms with Gasteiger partial charge in [-0.3, -0.25) is 4.79 Å². The molecule has 0 aliphatic carbocycles. The van der Waals surface area contributed by atoms with Gasteiger partial charge in [0.15, 0.2) is 0 Å². The summed E-state index contributed by atoms with van der Waals surface area (Å²) in [4.78, 5) is 18.8. The molecule has 3 aromatic rings. The number of hydrogen-bond donors (Lipinski definition) is 1. The van der Waals surface area contributed by atoms with E-state index in [1.54, 1.807) is 0 Å². The fraction of sp³-hybridized carbons (Fsp3) is 0.235. The maximum atomic E-state index is 12.5. The summed E-state index contributed by atoms with van der Waals surface area (Å²) in [5.41, 5.74) is 5.00. The maximum Gasteiger partial charge on any atom is 0.264 e. The zero-order chi connectivity index (χ0) is 14.4. The standard InChI is InChI=1S/C17H16N2OS/c1-11-4-5-14-12(9-11)13-10-19(7-6-15(13)18-14)17(20)16-3-2-8-21-16/h2-5,8-9,18H,6-7,10H2,1H3. The molecule has 0 saturated heterocycles. The first-order chi connectivity index (χ1) is 10.2. The van der Waals surface area contributed by atoms with Crippen molar-refractivity contribution in [1.82, 2.24) is 9.88 Å². The Morgan fingerprint density at radius 3 is 3.05 bits per heavy atom. The molecule has 3 heterocycles. The SMILES string of the molecule is Cc1ccc2[nH]c3c(c2c1)CN(C(=O)c1cccs1)CC3. The van der Waals surface area contributed by atoms with Crippen LogP contribution in [0.2, 0.25) is 0 Å². The van der Waals surface area contributed by atoms with Crippen LogP contribution in [0.15, 0.2) is 35.7 Å². The van der Waals surface area contributed by atoms with Crippen molar-refractivity contribution in [2.24, 2.45) is 0 Å². The molecule has 0 unspecified atom stereocenters. The highest BCUT2D eigenvalue weighted by atomic mass is 32.1. The molecule has 0 radical (unpaired) electrons. The number of hydrogen-bond acceptors (Lipinski definition) is 2. The molecular formula is C17H16N2OS. The Kier molecular flexibility index (Phi) is 2.86. The van der Waals surface area contributed by atoms with Crippen molar-refractivity contribution >= 4 is 28.1 Å². The van der Waals surface area contributed by atoms with E-state index in [-0.39, 0.29) is 5.91 Å². The predicted molar refractivity (Wildman–Crippen MR) is 85.8 cm³/mol. The van der Waals surface area contributed by atoms with Gasteiger partial charge in [-0.05, 0) is 30.5 Å². The van der Waals surface area contributed by atoms with Crippen molar-refractivity contribution < 1.29 is 4.79 Å². The zero-order valence-corrected chi connectivity index (χ0v) is 12.7. The van der Waals surface area contributed by atoms with E-state index in [0.29, 0.717) is 6.54 Å². The monoisotopic (exact) mass is 296 g/mol. The third kappa shape index (κ3) is 2.07. The van der Waals surface area contributed by atoms with Gasteiger partial charge in [-0.1, -0.05) is 17.7 Å². The second kappa shape index (κ2) is 4.74. The van der Waals surface area contributed by atoms with Gasteiger partial charge >= 0.3 is 0 Å². The number of carbonyl (C=O) groups excluding carboxylic acids is 1. The second-order valence-electron chi connectivity index (χ2n) is 5.59. The predicted octanol–water partition coefficient (Wildman–Crippen LogP) is 3.74. The Morgan fingerprint density at radius 1 is 1.33 bits per heavy atom. The number of aryl methyl sites for hydroxylation is 1. The largest absolute Gasteiger partial charge is 0.358 e. The fourth-order valence-electron chi connectivity index (χ4n) is 3.06. The van der Waals surface area contributed by atoms with E-state index in [4.69, 9.17) is 0 Å². The first-order valence-electron chi connectivity index (χ1n) is 7.15. The number of thiophene rings is 1. The maximum absolute atomic E-state index is 12.5. The van der Waals surface area contributed by atoms with Crippen LogP contribution in [0.1, 0.15) is 26.5 Å². The van der Waals surface area contributed by atoms with Crippen LogP contribution in [0.25, 0.3) is 10.9 Å². The Balaban J connectivity index is 1.72. The molecule has 4 rings (SSSR count). The second-order valence-corrected chi connectivity index (χ2v) is 6.53. The van der Waals surface area contributed by atoms with E-state index in [1.165, 1.54) is 39.1 Å². The van der Waals surface area contributed by atoms with E-state index in [9.17, 15) is 4.79 Å².